The molecule has 1 aliphatic rings. The average molecular weight is 236 g/mol. The highest BCUT2D eigenvalue weighted by atomic mass is 19.1. The van der Waals surface area contributed by atoms with Gasteiger partial charge in [-0.25, -0.2) is 4.39 Å². The Hall–Kier alpha value is -1.58. The van der Waals surface area contributed by atoms with Gasteiger partial charge in [-0.05, 0) is 37.0 Å². The molecule has 1 aromatic rings. The van der Waals surface area contributed by atoms with Crippen LogP contribution >= 0.6 is 0 Å². The summed E-state index contributed by atoms with van der Waals surface area (Å²) in [5, 5.41) is 2.87. The molecule has 0 atom stereocenters. The van der Waals surface area contributed by atoms with Gasteiger partial charge in [-0.15, -0.1) is 0 Å². The van der Waals surface area contributed by atoms with Crippen LogP contribution in [0.4, 0.5) is 10.1 Å². The number of nitrogens with two attached hydrogens (primary N) is 1. The number of hydrogen-bond donors (Lipinski definition) is 2. The van der Waals surface area contributed by atoms with Gasteiger partial charge in [-0.2, -0.15) is 0 Å². The Morgan fingerprint density at radius 2 is 2.12 bits per heavy atom. The molecule has 0 radical (unpaired) electrons. The molecule has 0 unspecified atom stereocenters. The number of benzene rings is 1. The number of hydrogen-bond acceptors (Lipinski definition) is 2. The second kappa shape index (κ2) is 5.17. The Labute approximate surface area is 100 Å². The quantitative estimate of drug-likeness (QED) is 0.791. The number of carbonyl (C=O) groups excluding carboxylic acids is 1. The second-order valence-electron chi connectivity index (χ2n) is 4.60. The van der Waals surface area contributed by atoms with Gasteiger partial charge in [-0.1, -0.05) is 12.8 Å². The molecule has 1 aromatic carbocycles. The Bertz CT molecular complexity index is 414. The number of amides is 1. The average Bonchev–Trinajstić information content (AvgIpc) is 2.82. The molecule has 0 aliphatic heterocycles. The van der Waals surface area contributed by atoms with Gasteiger partial charge in [0.15, 0.2) is 0 Å². The Balaban J connectivity index is 1.92. The summed E-state index contributed by atoms with van der Waals surface area (Å²) in [6, 6.07) is 4.05. The zero-order valence-electron chi connectivity index (χ0n) is 9.71. The van der Waals surface area contributed by atoms with Gasteiger partial charge in [0.1, 0.15) is 5.82 Å². The van der Waals surface area contributed by atoms with Gasteiger partial charge in [0.2, 0.25) is 0 Å². The molecule has 1 fully saturated rings. The fourth-order valence-corrected chi connectivity index (χ4v) is 2.24. The van der Waals surface area contributed by atoms with E-state index < -0.39 is 5.82 Å². The van der Waals surface area contributed by atoms with Gasteiger partial charge in [0, 0.05) is 12.1 Å². The Morgan fingerprint density at radius 3 is 2.76 bits per heavy atom. The van der Waals surface area contributed by atoms with Crippen LogP contribution in [0.15, 0.2) is 18.2 Å². The SMILES string of the molecule is Nc1cc(C(=O)NCC2CCCC2)ccc1F. The summed E-state index contributed by atoms with van der Waals surface area (Å²) in [4.78, 5) is 11.8. The van der Waals surface area contributed by atoms with E-state index in [1.54, 1.807) is 0 Å². The van der Waals surface area contributed by atoms with Gasteiger partial charge < -0.3 is 11.1 Å². The number of halogens is 1. The van der Waals surface area contributed by atoms with Crippen LogP contribution in [-0.2, 0) is 0 Å². The predicted molar refractivity (Wildman–Crippen MR) is 65.1 cm³/mol. The Morgan fingerprint density at radius 1 is 1.41 bits per heavy atom. The molecule has 1 aliphatic carbocycles. The molecule has 0 spiro atoms. The molecule has 1 amide bonds. The molecule has 4 heteroatoms. The van der Waals surface area contributed by atoms with E-state index in [9.17, 15) is 9.18 Å². The first kappa shape index (κ1) is 11.9. The first-order chi connectivity index (χ1) is 8.16. The maximum atomic E-state index is 12.9. The van der Waals surface area contributed by atoms with Gasteiger partial charge >= 0.3 is 0 Å². The van der Waals surface area contributed by atoms with Crippen LogP contribution in [0, 0.1) is 11.7 Å². The molecule has 0 saturated heterocycles. The van der Waals surface area contributed by atoms with Crippen molar-refractivity contribution in [2.75, 3.05) is 12.3 Å². The zero-order valence-corrected chi connectivity index (χ0v) is 9.71. The van der Waals surface area contributed by atoms with E-state index in [0.29, 0.717) is 18.0 Å². The third-order valence-corrected chi connectivity index (χ3v) is 3.28. The predicted octanol–water partition coefficient (Wildman–Crippen LogP) is 2.33. The van der Waals surface area contributed by atoms with E-state index in [0.717, 1.165) is 0 Å². The number of anilines is 1. The Kier molecular flexibility index (Phi) is 3.61. The highest BCUT2D eigenvalue weighted by Crippen LogP contribution is 2.23. The van der Waals surface area contributed by atoms with Crippen LogP contribution in [0.25, 0.3) is 0 Å². The molecule has 0 bridgehead atoms. The first-order valence-corrected chi connectivity index (χ1v) is 6.00. The molecule has 3 nitrogen and oxygen atoms in total. The molecule has 92 valence electrons. The molecular weight excluding hydrogens is 219 g/mol. The van der Waals surface area contributed by atoms with Crippen molar-refractivity contribution in [3.05, 3.63) is 29.6 Å². The van der Waals surface area contributed by atoms with Crippen LogP contribution < -0.4 is 11.1 Å². The van der Waals surface area contributed by atoms with Crippen LogP contribution in [-0.4, -0.2) is 12.5 Å². The highest BCUT2D eigenvalue weighted by Gasteiger charge is 2.16. The fraction of sp³-hybridized carbons (Fsp3) is 0.462. The maximum absolute atomic E-state index is 12.9. The van der Waals surface area contributed by atoms with Crippen molar-refractivity contribution >= 4 is 11.6 Å². The van der Waals surface area contributed by atoms with E-state index in [1.807, 2.05) is 0 Å². The summed E-state index contributed by atoms with van der Waals surface area (Å²) in [5.41, 5.74) is 5.85. The summed E-state index contributed by atoms with van der Waals surface area (Å²) in [6.07, 6.45) is 4.88. The molecular formula is C13H17FN2O. The number of nitrogen functional groups attached to an aromatic ring is 1. The summed E-state index contributed by atoms with van der Waals surface area (Å²) in [7, 11) is 0. The molecule has 0 aromatic heterocycles. The molecule has 0 heterocycles. The summed E-state index contributed by atoms with van der Waals surface area (Å²) >= 11 is 0. The summed E-state index contributed by atoms with van der Waals surface area (Å²) < 4.78 is 12.9. The molecule has 1 saturated carbocycles. The third-order valence-electron chi connectivity index (χ3n) is 3.28. The van der Waals surface area contributed by atoms with Crippen molar-refractivity contribution in [3.8, 4) is 0 Å². The zero-order chi connectivity index (χ0) is 12.3. The number of nitrogens with one attached hydrogen (secondary N) is 1. The lowest BCUT2D eigenvalue weighted by Gasteiger charge is -2.10. The van der Waals surface area contributed by atoms with E-state index in [-0.39, 0.29) is 11.6 Å². The van der Waals surface area contributed by atoms with Crippen molar-refractivity contribution in [1.29, 1.82) is 0 Å². The van der Waals surface area contributed by atoms with Gasteiger partial charge in [0.25, 0.3) is 5.91 Å². The van der Waals surface area contributed by atoms with Crippen molar-refractivity contribution in [2.24, 2.45) is 5.92 Å². The monoisotopic (exact) mass is 236 g/mol. The number of carbonyl (C=O) groups is 1. The molecule has 2 rings (SSSR count). The second-order valence-corrected chi connectivity index (χ2v) is 4.60. The lowest BCUT2D eigenvalue weighted by atomic mass is 10.1. The van der Waals surface area contributed by atoms with E-state index >= 15 is 0 Å². The van der Waals surface area contributed by atoms with Crippen LogP contribution in [0.3, 0.4) is 0 Å². The third kappa shape index (κ3) is 2.96. The lowest BCUT2D eigenvalue weighted by molar-refractivity contribution is 0.0947. The highest BCUT2D eigenvalue weighted by molar-refractivity contribution is 5.95. The van der Waals surface area contributed by atoms with Gasteiger partial charge in [0.05, 0.1) is 5.69 Å². The van der Waals surface area contributed by atoms with Crippen LogP contribution in [0.2, 0.25) is 0 Å². The van der Waals surface area contributed by atoms with Gasteiger partial charge in [-0.3, -0.25) is 4.79 Å². The minimum absolute atomic E-state index is 0.0125. The molecule has 3 N–H and O–H groups in total. The van der Waals surface area contributed by atoms with E-state index in [4.69, 9.17) is 5.73 Å². The van der Waals surface area contributed by atoms with Crippen molar-refractivity contribution in [2.45, 2.75) is 25.7 Å². The standard InChI is InChI=1S/C13H17FN2O/c14-11-6-5-10(7-12(11)15)13(17)16-8-9-3-1-2-4-9/h5-7,9H,1-4,8,15H2,(H,16,17). The largest absolute Gasteiger partial charge is 0.396 e. The minimum atomic E-state index is -0.489. The van der Waals surface area contributed by atoms with Crippen molar-refractivity contribution in [1.82, 2.24) is 5.32 Å². The lowest BCUT2D eigenvalue weighted by Crippen LogP contribution is -2.28. The summed E-state index contributed by atoms with van der Waals surface area (Å²) in [6.45, 7) is 0.704. The van der Waals surface area contributed by atoms with Crippen molar-refractivity contribution < 1.29 is 9.18 Å². The van der Waals surface area contributed by atoms with Crippen LogP contribution in [0.5, 0.6) is 0 Å². The minimum Gasteiger partial charge on any atom is -0.396 e. The first-order valence-electron chi connectivity index (χ1n) is 6.00. The topological polar surface area (TPSA) is 55.1 Å². The van der Waals surface area contributed by atoms with E-state index in [1.165, 1.54) is 43.9 Å². The van der Waals surface area contributed by atoms with E-state index in [2.05, 4.69) is 5.32 Å². The molecule has 17 heavy (non-hydrogen) atoms. The fourth-order valence-electron chi connectivity index (χ4n) is 2.24. The smallest absolute Gasteiger partial charge is 0.251 e. The van der Waals surface area contributed by atoms with Crippen molar-refractivity contribution in [3.63, 3.8) is 0 Å². The van der Waals surface area contributed by atoms with Crippen LogP contribution in [0.1, 0.15) is 36.0 Å². The maximum Gasteiger partial charge on any atom is 0.251 e. The number of rotatable bonds is 3. The normalized spacial score (nSPS) is 16.1. The summed E-state index contributed by atoms with van der Waals surface area (Å²) in [5.74, 6) is -0.0716.